The van der Waals surface area contributed by atoms with E-state index in [-0.39, 0.29) is 12.2 Å². The minimum atomic E-state index is -1.13. The molecule has 1 aromatic rings. The molecule has 1 heterocycles. The van der Waals surface area contributed by atoms with Crippen molar-refractivity contribution in [1.82, 2.24) is 0 Å². The Morgan fingerprint density at radius 3 is 2.34 bits per heavy atom. The second kappa shape index (κ2) is 11.0. The Morgan fingerprint density at radius 2 is 1.72 bits per heavy atom. The fourth-order valence-electron chi connectivity index (χ4n) is 3.63. The van der Waals surface area contributed by atoms with Crippen LogP contribution in [0, 0.1) is 5.41 Å². The van der Waals surface area contributed by atoms with Crippen LogP contribution in [0.1, 0.15) is 70.8 Å². The van der Waals surface area contributed by atoms with Crippen molar-refractivity contribution in [2.24, 2.45) is 5.41 Å². The summed E-state index contributed by atoms with van der Waals surface area (Å²) in [5.74, 6) is -0.219. The summed E-state index contributed by atoms with van der Waals surface area (Å²) in [4.78, 5) is 25.0. The highest BCUT2D eigenvalue weighted by Crippen LogP contribution is 2.42. The summed E-state index contributed by atoms with van der Waals surface area (Å²) < 4.78 is 16.2. The van der Waals surface area contributed by atoms with E-state index in [1.807, 2.05) is 24.3 Å². The van der Waals surface area contributed by atoms with E-state index in [0.717, 1.165) is 24.2 Å². The van der Waals surface area contributed by atoms with Crippen LogP contribution in [0.25, 0.3) is 0 Å². The molecular formula is C24H34O5. The van der Waals surface area contributed by atoms with E-state index in [1.54, 1.807) is 14.0 Å². The molecule has 0 amide bonds. The number of benzene rings is 1. The van der Waals surface area contributed by atoms with Crippen LogP contribution >= 0.6 is 0 Å². The van der Waals surface area contributed by atoms with Gasteiger partial charge < -0.3 is 14.2 Å². The maximum atomic E-state index is 12.9. The van der Waals surface area contributed by atoms with Crippen molar-refractivity contribution in [1.29, 1.82) is 0 Å². The Kier molecular flexibility index (Phi) is 8.74. The minimum Gasteiger partial charge on any atom is -0.497 e. The zero-order chi connectivity index (χ0) is 21.3. The number of rotatable bonds is 12. The van der Waals surface area contributed by atoms with Gasteiger partial charge in [0, 0.05) is 0 Å². The fourth-order valence-corrected chi connectivity index (χ4v) is 3.63. The number of methoxy groups -OCH3 is 1. The molecule has 0 saturated carbocycles. The van der Waals surface area contributed by atoms with Crippen molar-refractivity contribution in [3.8, 4) is 5.75 Å². The monoisotopic (exact) mass is 402 g/mol. The number of carbonyl (C=O) groups is 2. The molecule has 0 bridgehead atoms. The number of hydrogen-bond acceptors (Lipinski definition) is 5. The SMILES string of the molecule is C=C1C(=O)OC(CCCCCCCCC)[C@@]1(C)C(=O)OCc1ccc(OC)cc1. The number of esters is 2. The van der Waals surface area contributed by atoms with E-state index >= 15 is 0 Å². The molecule has 1 fully saturated rings. The topological polar surface area (TPSA) is 61.8 Å². The third kappa shape index (κ3) is 5.84. The van der Waals surface area contributed by atoms with Crippen LogP contribution in [-0.4, -0.2) is 25.2 Å². The Bertz CT molecular complexity index is 694. The van der Waals surface area contributed by atoms with Gasteiger partial charge in [-0.25, -0.2) is 4.79 Å². The molecule has 160 valence electrons. The largest absolute Gasteiger partial charge is 0.497 e. The zero-order valence-corrected chi connectivity index (χ0v) is 18.0. The maximum absolute atomic E-state index is 12.9. The number of unbranched alkanes of at least 4 members (excludes halogenated alkanes) is 6. The molecule has 2 rings (SSSR count). The quantitative estimate of drug-likeness (QED) is 0.267. The van der Waals surface area contributed by atoms with E-state index in [2.05, 4.69) is 13.5 Å². The van der Waals surface area contributed by atoms with Crippen LogP contribution in [0.3, 0.4) is 0 Å². The number of hydrogen-bond donors (Lipinski definition) is 0. The Balaban J connectivity index is 1.90. The Hall–Kier alpha value is -2.30. The highest BCUT2D eigenvalue weighted by atomic mass is 16.6. The molecule has 1 aliphatic heterocycles. The number of carbonyl (C=O) groups excluding carboxylic acids is 2. The van der Waals surface area contributed by atoms with Crippen molar-refractivity contribution in [3.63, 3.8) is 0 Å². The Labute approximate surface area is 174 Å². The highest BCUT2D eigenvalue weighted by molar-refractivity contribution is 6.00. The first kappa shape index (κ1) is 23.0. The van der Waals surface area contributed by atoms with Crippen LogP contribution in [0.5, 0.6) is 5.75 Å². The molecule has 5 heteroatoms. The molecule has 5 nitrogen and oxygen atoms in total. The normalized spacial score (nSPS) is 21.1. The molecule has 1 aromatic carbocycles. The summed E-state index contributed by atoms with van der Waals surface area (Å²) in [5.41, 5.74) is -0.0985. The van der Waals surface area contributed by atoms with Gasteiger partial charge in [0.05, 0.1) is 12.7 Å². The molecule has 2 atom stereocenters. The summed E-state index contributed by atoms with van der Waals surface area (Å²) >= 11 is 0. The first-order valence-electron chi connectivity index (χ1n) is 10.6. The lowest BCUT2D eigenvalue weighted by Crippen LogP contribution is -2.38. The van der Waals surface area contributed by atoms with Crippen LogP contribution < -0.4 is 4.74 Å². The van der Waals surface area contributed by atoms with Gasteiger partial charge in [-0.15, -0.1) is 0 Å². The average molecular weight is 403 g/mol. The minimum absolute atomic E-state index is 0.129. The van der Waals surface area contributed by atoms with E-state index in [4.69, 9.17) is 14.2 Å². The van der Waals surface area contributed by atoms with Gasteiger partial charge in [0.25, 0.3) is 0 Å². The third-order valence-electron chi connectivity index (χ3n) is 5.79. The van der Waals surface area contributed by atoms with Gasteiger partial charge >= 0.3 is 11.9 Å². The summed E-state index contributed by atoms with van der Waals surface area (Å²) in [6, 6.07) is 7.32. The van der Waals surface area contributed by atoms with Crippen LogP contribution in [-0.2, 0) is 25.7 Å². The lowest BCUT2D eigenvalue weighted by molar-refractivity contribution is -0.158. The molecule has 0 N–H and O–H groups in total. The summed E-state index contributed by atoms with van der Waals surface area (Å²) in [7, 11) is 1.60. The first-order valence-corrected chi connectivity index (χ1v) is 10.6. The standard InChI is InChI=1S/C24H34O5/c1-5-6-7-8-9-10-11-12-21-24(3,18(2)22(25)29-21)23(26)28-17-19-13-15-20(27-4)16-14-19/h13-16,21H,2,5-12,17H2,1,3-4H3/t21?,24-/m0/s1. The van der Waals surface area contributed by atoms with Gasteiger partial charge in [-0.2, -0.15) is 0 Å². The van der Waals surface area contributed by atoms with Crippen molar-refractivity contribution in [2.75, 3.05) is 7.11 Å². The predicted molar refractivity (Wildman–Crippen MR) is 113 cm³/mol. The summed E-state index contributed by atoms with van der Waals surface area (Å²) in [5, 5.41) is 0. The predicted octanol–water partition coefficient (Wildman–Crippen LogP) is 5.37. The van der Waals surface area contributed by atoms with Crippen molar-refractivity contribution in [3.05, 3.63) is 42.0 Å². The van der Waals surface area contributed by atoms with Gasteiger partial charge in [-0.1, -0.05) is 64.2 Å². The van der Waals surface area contributed by atoms with Crippen LogP contribution in [0.15, 0.2) is 36.4 Å². The first-order chi connectivity index (χ1) is 13.9. The van der Waals surface area contributed by atoms with Crippen LogP contribution in [0.4, 0.5) is 0 Å². The lowest BCUT2D eigenvalue weighted by Gasteiger charge is -2.27. The van der Waals surface area contributed by atoms with Gasteiger partial charge in [-0.05, 0) is 37.5 Å². The van der Waals surface area contributed by atoms with Gasteiger partial charge in [0.15, 0.2) is 0 Å². The molecule has 0 radical (unpaired) electrons. The van der Waals surface area contributed by atoms with Crippen molar-refractivity contribution in [2.45, 2.75) is 77.9 Å². The molecule has 0 aromatic heterocycles. The van der Waals surface area contributed by atoms with Gasteiger partial charge in [0.2, 0.25) is 0 Å². The average Bonchev–Trinajstić information content (AvgIpc) is 2.96. The molecule has 1 saturated heterocycles. The van der Waals surface area contributed by atoms with Gasteiger partial charge in [-0.3, -0.25) is 4.79 Å². The van der Waals surface area contributed by atoms with Crippen molar-refractivity contribution < 1.29 is 23.8 Å². The highest BCUT2D eigenvalue weighted by Gasteiger charge is 2.55. The number of ether oxygens (including phenoxy) is 3. The summed E-state index contributed by atoms with van der Waals surface area (Å²) in [6.07, 6.45) is 8.29. The second-order valence-electron chi connectivity index (χ2n) is 7.91. The Morgan fingerprint density at radius 1 is 1.10 bits per heavy atom. The molecule has 1 unspecified atom stereocenters. The lowest BCUT2D eigenvalue weighted by atomic mass is 9.78. The van der Waals surface area contributed by atoms with Gasteiger partial charge in [0.1, 0.15) is 23.9 Å². The molecule has 1 aliphatic rings. The second-order valence-corrected chi connectivity index (χ2v) is 7.91. The van der Waals surface area contributed by atoms with E-state index in [1.165, 1.54) is 32.1 Å². The molecule has 0 aliphatic carbocycles. The maximum Gasteiger partial charge on any atom is 0.335 e. The summed E-state index contributed by atoms with van der Waals surface area (Å²) in [6.45, 7) is 7.87. The van der Waals surface area contributed by atoms with E-state index in [0.29, 0.717) is 6.42 Å². The van der Waals surface area contributed by atoms with E-state index in [9.17, 15) is 9.59 Å². The molecule has 29 heavy (non-hydrogen) atoms. The fraction of sp³-hybridized carbons (Fsp3) is 0.583. The molecule has 0 spiro atoms. The zero-order valence-electron chi connectivity index (χ0n) is 18.0. The van der Waals surface area contributed by atoms with Crippen LogP contribution in [0.2, 0.25) is 0 Å². The number of cyclic esters (lactones) is 1. The molecular weight excluding hydrogens is 368 g/mol. The smallest absolute Gasteiger partial charge is 0.335 e. The third-order valence-corrected chi connectivity index (χ3v) is 5.79. The van der Waals surface area contributed by atoms with E-state index < -0.39 is 23.5 Å². The van der Waals surface area contributed by atoms with Crippen molar-refractivity contribution >= 4 is 11.9 Å².